The Morgan fingerprint density at radius 3 is 2.46 bits per heavy atom. The van der Waals surface area contributed by atoms with E-state index in [2.05, 4.69) is 15.5 Å². The van der Waals surface area contributed by atoms with Crippen LogP contribution in [0.2, 0.25) is 5.02 Å². The number of H-pyrrole nitrogens is 1. The van der Waals surface area contributed by atoms with E-state index >= 15 is 0 Å². The number of fused-ring (bicyclic) bond motifs is 1. The highest BCUT2D eigenvalue weighted by atomic mass is 35.5. The van der Waals surface area contributed by atoms with Crippen LogP contribution in [0.5, 0.6) is 0 Å². The molecule has 2 N–H and O–H groups in total. The van der Waals surface area contributed by atoms with Crippen LogP contribution in [0, 0.1) is 5.82 Å². The lowest BCUT2D eigenvalue weighted by Gasteiger charge is -2.34. The average Bonchev–Trinajstić information content (AvgIpc) is 3.11. The number of halogens is 3. The number of carbonyl (C=O) groups is 2. The number of nitrogens with one attached hydrogen (secondary N) is 2. The van der Waals surface area contributed by atoms with Gasteiger partial charge in [0, 0.05) is 56.9 Å². The molecule has 1 aromatic heterocycles. The molecule has 2 aliphatic heterocycles. The zero-order valence-corrected chi connectivity index (χ0v) is 16.6. The van der Waals surface area contributed by atoms with E-state index in [4.69, 9.17) is 11.6 Å². The first kappa shape index (κ1) is 20.6. The van der Waals surface area contributed by atoms with Crippen molar-refractivity contribution in [3.63, 3.8) is 0 Å². The van der Waals surface area contributed by atoms with Gasteiger partial charge in [-0.1, -0.05) is 11.6 Å². The Bertz CT molecular complexity index is 896. The standard InChI is InChI=1S/C18H19ClFN5O2.ClH/c19-14-9-11(20)1-2-12(14)17(26)24-5-7-25(8-6-24)18(27)16-13-10-21-4-3-15(13)22-23-16;/h1-2,9,21H,3-8,10H2,(H,22,23);1H. The summed E-state index contributed by atoms with van der Waals surface area (Å²) in [5.41, 5.74) is 2.67. The van der Waals surface area contributed by atoms with E-state index in [1.54, 1.807) is 9.80 Å². The molecule has 3 heterocycles. The van der Waals surface area contributed by atoms with Crippen molar-refractivity contribution in [2.24, 2.45) is 0 Å². The number of aromatic nitrogens is 2. The molecule has 2 amide bonds. The van der Waals surface area contributed by atoms with Crippen molar-refractivity contribution >= 4 is 35.8 Å². The molecule has 0 atom stereocenters. The van der Waals surface area contributed by atoms with E-state index in [9.17, 15) is 14.0 Å². The summed E-state index contributed by atoms with van der Waals surface area (Å²) in [6.45, 7) is 3.12. The monoisotopic (exact) mass is 427 g/mol. The number of piperazine rings is 1. The molecule has 1 saturated heterocycles. The minimum absolute atomic E-state index is 0. The van der Waals surface area contributed by atoms with Crippen LogP contribution < -0.4 is 5.32 Å². The molecule has 1 fully saturated rings. The van der Waals surface area contributed by atoms with Gasteiger partial charge in [0.25, 0.3) is 11.8 Å². The fourth-order valence-electron chi connectivity index (χ4n) is 3.50. The fourth-order valence-corrected chi connectivity index (χ4v) is 3.75. The fraction of sp³-hybridized carbons (Fsp3) is 0.389. The summed E-state index contributed by atoms with van der Waals surface area (Å²) in [6.07, 6.45) is 0.830. The zero-order chi connectivity index (χ0) is 19.0. The third-order valence-electron chi connectivity index (χ3n) is 5.02. The maximum atomic E-state index is 13.2. The van der Waals surface area contributed by atoms with Gasteiger partial charge >= 0.3 is 0 Å². The van der Waals surface area contributed by atoms with Gasteiger partial charge in [0.2, 0.25) is 0 Å². The first-order valence-electron chi connectivity index (χ1n) is 8.85. The lowest BCUT2D eigenvalue weighted by molar-refractivity contribution is 0.0531. The average molecular weight is 428 g/mol. The van der Waals surface area contributed by atoms with Gasteiger partial charge in [-0.2, -0.15) is 5.10 Å². The molecule has 10 heteroatoms. The van der Waals surface area contributed by atoms with Crippen LogP contribution in [0.3, 0.4) is 0 Å². The predicted octanol–water partition coefficient (Wildman–Crippen LogP) is 1.87. The number of nitrogens with zero attached hydrogens (tertiary/aromatic N) is 3. The molecule has 2 aromatic rings. The third-order valence-corrected chi connectivity index (χ3v) is 5.34. The maximum Gasteiger partial charge on any atom is 0.274 e. The quantitative estimate of drug-likeness (QED) is 0.766. The van der Waals surface area contributed by atoms with Crippen molar-refractivity contribution in [3.05, 3.63) is 51.6 Å². The lowest BCUT2D eigenvalue weighted by Crippen LogP contribution is -2.51. The Morgan fingerprint density at radius 2 is 1.79 bits per heavy atom. The normalized spacial score (nSPS) is 16.4. The van der Waals surface area contributed by atoms with Gasteiger partial charge in [-0.05, 0) is 18.2 Å². The van der Waals surface area contributed by atoms with Crippen LogP contribution in [-0.4, -0.2) is 64.5 Å². The van der Waals surface area contributed by atoms with E-state index in [1.165, 1.54) is 12.1 Å². The summed E-state index contributed by atoms with van der Waals surface area (Å²) < 4.78 is 13.2. The molecular weight excluding hydrogens is 408 g/mol. The SMILES string of the molecule is Cl.O=C(c1ccc(F)cc1Cl)N1CCN(C(=O)c2n[nH]c3c2CNCC3)CC1. The van der Waals surface area contributed by atoms with E-state index in [0.717, 1.165) is 30.3 Å². The number of rotatable bonds is 2. The number of carbonyl (C=O) groups excluding carboxylic acids is 2. The Hall–Kier alpha value is -2.16. The van der Waals surface area contributed by atoms with Crippen molar-refractivity contribution in [1.29, 1.82) is 0 Å². The highest BCUT2D eigenvalue weighted by Gasteiger charge is 2.30. The Kier molecular flexibility index (Phi) is 6.22. The number of amides is 2. The van der Waals surface area contributed by atoms with Crippen molar-refractivity contribution in [1.82, 2.24) is 25.3 Å². The second kappa shape index (κ2) is 8.46. The summed E-state index contributed by atoms with van der Waals surface area (Å²) in [5.74, 6) is -0.861. The molecule has 0 spiro atoms. The van der Waals surface area contributed by atoms with Gasteiger partial charge in [-0.3, -0.25) is 14.7 Å². The molecule has 0 radical (unpaired) electrons. The summed E-state index contributed by atoms with van der Waals surface area (Å²) in [4.78, 5) is 28.8. The molecule has 0 aliphatic carbocycles. The van der Waals surface area contributed by atoms with Crippen molar-refractivity contribution in [2.45, 2.75) is 13.0 Å². The van der Waals surface area contributed by atoms with Crippen LogP contribution >= 0.6 is 24.0 Å². The molecule has 150 valence electrons. The Morgan fingerprint density at radius 1 is 1.11 bits per heavy atom. The van der Waals surface area contributed by atoms with Gasteiger partial charge in [0.05, 0.1) is 10.6 Å². The highest BCUT2D eigenvalue weighted by Crippen LogP contribution is 2.21. The summed E-state index contributed by atoms with van der Waals surface area (Å²) in [7, 11) is 0. The van der Waals surface area contributed by atoms with Crippen molar-refractivity contribution < 1.29 is 14.0 Å². The van der Waals surface area contributed by atoms with Gasteiger partial charge in [0.1, 0.15) is 5.82 Å². The number of benzene rings is 1. The van der Waals surface area contributed by atoms with Crippen LogP contribution in [0.15, 0.2) is 18.2 Å². The molecule has 4 rings (SSSR count). The van der Waals surface area contributed by atoms with E-state index in [-0.39, 0.29) is 34.8 Å². The minimum atomic E-state index is -0.483. The van der Waals surface area contributed by atoms with Crippen LogP contribution in [0.25, 0.3) is 0 Å². The number of aromatic amines is 1. The first-order chi connectivity index (χ1) is 13.0. The smallest absolute Gasteiger partial charge is 0.274 e. The highest BCUT2D eigenvalue weighted by molar-refractivity contribution is 6.33. The van der Waals surface area contributed by atoms with Crippen molar-refractivity contribution in [2.75, 3.05) is 32.7 Å². The van der Waals surface area contributed by atoms with E-state index < -0.39 is 5.82 Å². The first-order valence-corrected chi connectivity index (χ1v) is 9.23. The molecule has 2 aliphatic rings. The molecule has 7 nitrogen and oxygen atoms in total. The molecule has 28 heavy (non-hydrogen) atoms. The van der Waals surface area contributed by atoms with Gasteiger partial charge in [-0.25, -0.2) is 4.39 Å². The summed E-state index contributed by atoms with van der Waals surface area (Å²) in [6, 6.07) is 3.73. The molecule has 0 unspecified atom stereocenters. The van der Waals surface area contributed by atoms with Gasteiger partial charge in [0.15, 0.2) is 5.69 Å². The number of hydrogen-bond acceptors (Lipinski definition) is 4. The Balaban J connectivity index is 0.00000225. The molecular formula is C18H20Cl2FN5O2. The molecule has 1 aromatic carbocycles. The third kappa shape index (κ3) is 3.85. The minimum Gasteiger partial charge on any atom is -0.335 e. The molecule has 0 bridgehead atoms. The Labute approximate surface area is 172 Å². The van der Waals surface area contributed by atoms with E-state index in [1.807, 2.05) is 0 Å². The lowest BCUT2D eigenvalue weighted by atomic mass is 10.1. The van der Waals surface area contributed by atoms with Gasteiger partial charge in [-0.15, -0.1) is 12.4 Å². The van der Waals surface area contributed by atoms with Crippen LogP contribution in [0.4, 0.5) is 4.39 Å². The zero-order valence-electron chi connectivity index (χ0n) is 15.0. The second-order valence-corrected chi connectivity index (χ2v) is 7.07. The van der Waals surface area contributed by atoms with Crippen molar-refractivity contribution in [3.8, 4) is 0 Å². The largest absolute Gasteiger partial charge is 0.335 e. The second-order valence-electron chi connectivity index (χ2n) is 6.66. The maximum absolute atomic E-state index is 13.2. The van der Waals surface area contributed by atoms with Gasteiger partial charge < -0.3 is 15.1 Å². The summed E-state index contributed by atoms with van der Waals surface area (Å²) in [5, 5.41) is 10.5. The molecule has 0 saturated carbocycles. The number of hydrogen-bond donors (Lipinski definition) is 2. The van der Waals surface area contributed by atoms with Crippen LogP contribution in [-0.2, 0) is 13.0 Å². The van der Waals surface area contributed by atoms with E-state index in [0.29, 0.717) is 38.4 Å². The van der Waals surface area contributed by atoms with Crippen LogP contribution in [0.1, 0.15) is 32.1 Å². The predicted molar refractivity (Wildman–Crippen MR) is 104 cm³/mol. The summed E-state index contributed by atoms with van der Waals surface area (Å²) >= 11 is 5.99. The topological polar surface area (TPSA) is 81.3 Å².